The van der Waals surface area contributed by atoms with E-state index in [4.69, 9.17) is 4.12 Å². The Balaban J connectivity index is 2.40. The molecule has 0 rings (SSSR count). The Kier molecular flexibility index (Phi) is 4.24. The van der Waals surface area contributed by atoms with E-state index in [9.17, 15) is 0 Å². The molecule has 29 valence electrons. The molecule has 0 aromatic heterocycles. The normalized spacial score (nSPS) is 9.80. The van der Waals surface area contributed by atoms with Gasteiger partial charge in [0.05, 0.1) is 0 Å². The molecule has 0 saturated carbocycles. The third kappa shape index (κ3) is 4.13. The molecule has 0 aliphatic rings. The molecule has 0 aromatic rings. The Morgan fingerprint density at radius 3 is 2.60 bits per heavy atom. The molecular formula is C2H7OSi2. The molecule has 0 amide bonds. The van der Waals surface area contributed by atoms with Crippen molar-refractivity contribution in [2.75, 3.05) is 0 Å². The van der Waals surface area contributed by atoms with E-state index in [-0.39, 0.29) is 9.76 Å². The number of rotatable bonds is 2. The molecule has 0 unspecified atom stereocenters. The lowest BCUT2D eigenvalue weighted by Gasteiger charge is -1.78. The van der Waals surface area contributed by atoms with Crippen LogP contribution >= 0.6 is 0 Å². The maximum absolute atomic E-state index is 4.74. The van der Waals surface area contributed by atoms with Crippen molar-refractivity contribution in [1.82, 2.24) is 0 Å². The molecule has 0 saturated heterocycles. The molecule has 0 fully saturated rings. The third-order valence-electron chi connectivity index (χ3n) is 0.236. The SMILES string of the molecule is C=C[SiH2]O[SiH2]. The second kappa shape index (κ2) is 4.13. The summed E-state index contributed by atoms with van der Waals surface area (Å²) in [5, 5.41) is 0. The Morgan fingerprint density at radius 2 is 2.60 bits per heavy atom. The lowest BCUT2D eigenvalue weighted by Crippen LogP contribution is -1.85. The zero-order chi connectivity index (χ0) is 4.12. The van der Waals surface area contributed by atoms with Gasteiger partial charge in [-0.15, -0.1) is 6.58 Å². The van der Waals surface area contributed by atoms with Gasteiger partial charge in [0.15, 0.2) is 20.2 Å². The predicted octanol–water partition coefficient (Wildman–Crippen LogP) is -1.22. The highest BCUT2D eigenvalue weighted by molar-refractivity contribution is 6.39. The minimum absolute atomic E-state index is 0.292. The van der Waals surface area contributed by atoms with Gasteiger partial charge in [0.1, 0.15) is 0 Å². The first-order valence-electron chi connectivity index (χ1n) is 1.39. The van der Waals surface area contributed by atoms with Gasteiger partial charge in [0.2, 0.25) is 0 Å². The van der Waals surface area contributed by atoms with Crippen LogP contribution in [0.25, 0.3) is 0 Å². The quantitative estimate of drug-likeness (QED) is 0.398. The van der Waals surface area contributed by atoms with Crippen LogP contribution in [0.5, 0.6) is 0 Å². The van der Waals surface area contributed by atoms with Crippen LogP contribution in [0.15, 0.2) is 12.3 Å². The van der Waals surface area contributed by atoms with Gasteiger partial charge >= 0.3 is 0 Å². The fraction of sp³-hybridized carbons (Fsp3) is 0. The van der Waals surface area contributed by atoms with Crippen LogP contribution < -0.4 is 0 Å². The van der Waals surface area contributed by atoms with E-state index in [1.165, 1.54) is 10.5 Å². The molecule has 5 heavy (non-hydrogen) atoms. The average molecular weight is 103 g/mol. The van der Waals surface area contributed by atoms with Crippen LogP contribution in [0.1, 0.15) is 0 Å². The highest BCUT2D eigenvalue weighted by Gasteiger charge is 1.61. The highest BCUT2D eigenvalue weighted by atomic mass is 28.3. The van der Waals surface area contributed by atoms with E-state index in [1.807, 2.05) is 5.70 Å². The average Bonchev–Trinajstić information content (AvgIpc) is 1.41. The summed E-state index contributed by atoms with van der Waals surface area (Å²) >= 11 is 0. The van der Waals surface area contributed by atoms with Gasteiger partial charge in [0, 0.05) is 0 Å². The van der Waals surface area contributed by atoms with E-state index in [1.54, 1.807) is 0 Å². The molecule has 0 aliphatic heterocycles. The van der Waals surface area contributed by atoms with E-state index >= 15 is 0 Å². The van der Waals surface area contributed by atoms with Gasteiger partial charge in [-0.1, -0.05) is 5.70 Å². The first kappa shape index (κ1) is 5.13. The maximum Gasteiger partial charge on any atom is 0.170 e. The van der Waals surface area contributed by atoms with Crippen LogP contribution in [0.3, 0.4) is 0 Å². The third-order valence-corrected chi connectivity index (χ3v) is 1.41. The van der Waals surface area contributed by atoms with Crippen LogP contribution in [-0.2, 0) is 4.12 Å². The second-order valence-corrected chi connectivity index (χ2v) is 3.20. The van der Waals surface area contributed by atoms with Crippen molar-refractivity contribution in [2.24, 2.45) is 0 Å². The zero-order valence-electron chi connectivity index (χ0n) is 3.11. The molecule has 0 aliphatic carbocycles. The molecule has 3 heteroatoms. The van der Waals surface area contributed by atoms with Crippen molar-refractivity contribution in [1.29, 1.82) is 0 Å². The first-order chi connectivity index (χ1) is 2.41. The molecule has 0 heterocycles. The van der Waals surface area contributed by atoms with Crippen LogP contribution in [0.4, 0.5) is 0 Å². The smallest absolute Gasteiger partial charge is 0.170 e. The summed E-state index contributed by atoms with van der Waals surface area (Å²) in [7, 11) is 1.25. The number of hydrogen-bond acceptors (Lipinski definition) is 1. The monoisotopic (exact) mass is 103 g/mol. The van der Waals surface area contributed by atoms with Gasteiger partial charge in [-0.3, -0.25) is 0 Å². The summed E-state index contributed by atoms with van der Waals surface area (Å²) in [6, 6.07) is 0. The fourth-order valence-electron chi connectivity index (χ4n) is 0.0833. The Morgan fingerprint density at radius 1 is 2.00 bits per heavy atom. The molecular weight excluding hydrogens is 96.2 g/mol. The second-order valence-electron chi connectivity index (χ2n) is 0.659. The molecule has 0 spiro atoms. The van der Waals surface area contributed by atoms with Crippen molar-refractivity contribution >= 4 is 20.2 Å². The predicted molar refractivity (Wildman–Crippen MR) is 28.4 cm³/mol. The van der Waals surface area contributed by atoms with Crippen LogP contribution in [-0.4, -0.2) is 20.2 Å². The van der Waals surface area contributed by atoms with E-state index in [0.29, 0.717) is 0 Å². The van der Waals surface area contributed by atoms with Crippen molar-refractivity contribution in [3.05, 3.63) is 12.3 Å². The van der Waals surface area contributed by atoms with E-state index < -0.39 is 0 Å². The van der Waals surface area contributed by atoms with Gasteiger partial charge < -0.3 is 4.12 Å². The Labute approximate surface area is 37.5 Å². The summed E-state index contributed by atoms with van der Waals surface area (Å²) in [5.41, 5.74) is 1.85. The van der Waals surface area contributed by atoms with E-state index in [2.05, 4.69) is 6.58 Å². The van der Waals surface area contributed by atoms with Gasteiger partial charge in [-0.2, -0.15) is 0 Å². The van der Waals surface area contributed by atoms with Crippen LogP contribution in [0, 0.1) is 0 Å². The molecule has 0 N–H and O–H groups in total. The minimum atomic E-state index is -0.292. The molecule has 1 radical (unpaired) electrons. The molecule has 0 bridgehead atoms. The topological polar surface area (TPSA) is 9.23 Å². The molecule has 0 atom stereocenters. The first-order valence-corrected chi connectivity index (χ1v) is 3.37. The largest absolute Gasteiger partial charge is 0.462 e. The van der Waals surface area contributed by atoms with Crippen LogP contribution in [0.2, 0.25) is 0 Å². The van der Waals surface area contributed by atoms with Crippen molar-refractivity contribution in [3.8, 4) is 0 Å². The van der Waals surface area contributed by atoms with Crippen molar-refractivity contribution < 1.29 is 4.12 Å². The minimum Gasteiger partial charge on any atom is -0.462 e. The Bertz CT molecular complexity index is 28.8. The zero-order valence-corrected chi connectivity index (χ0v) is 5.94. The molecule has 1 nitrogen and oxygen atoms in total. The maximum atomic E-state index is 4.74. The summed E-state index contributed by atoms with van der Waals surface area (Å²) in [5.74, 6) is 0. The van der Waals surface area contributed by atoms with Gasteiger partial charge in [-0.05, 0) is 0 Å². The Hall–Kier alpha value is 0.134. The lowest BCUT2D eigenvalue weighted by molar-refractivity contribution is 0.676. The van der Waals surface area contributed by atoms with Crippen molar-refractivity contribution in [2.45, 2.75) is 0 Å². The van der Waals surface area contributed by atoms with E-state index in [0.717, 1.165) is 0 Å². The summed E-state index contributed by atoms with van der Waals surface area (Å²) in [4.78, 5) is 0. The standard InChI is InChI=1S/C2H7OSi2/c1-2-5-3-4/h2H,1,4-5H2. The lowest BCUT2D eigenvalue weighted by atomic mass is 11.3. The number of hydrogen-bond donors (Lipinski definition) is 0. The highest BCUT2D eigenvalue weighted by Crippen LogP contribution is 1.53. The molecule has 0 aromatic carbocycles. The summed E-state index contributed by atoms with van der Waals surface area (Å²) in [6.45, 7) is 3.49. The fourth-order valence-corrected chi connectivity index (χ4v) is 0.750. The summed E-state index contributed by atoms with van der Waals surface area (Å²) < 4.78 is 4.74. The van der Waals surface area contributed by atoms with Gasteiger partial charge in [-0.25, -0.2) is 0 Å². The van der Waals surface area contributed by atoms with Gasteiger partial charge in [0.25, 0.3) is 0 Å². The van der Waals surface area contributed by atoms with Crippen molar-refractivity contribution in [3.63, 3.8) is 0 Å². The summed E-state index contributed by atoms with van der Waals surface area (Å²) in [6.07, 6.45) is 0.